The standard InChI is InChI=1S/C17H19NO4S/c1-3-18(4-2)15-11-10-14(13-19)17(12-15)22-23(20,21)16-8-6-5-7-9-16/h5-13H,3-4H2,1-2H3. The molecule has 23 heavy (non-hydrogen) atoms. The second kappa shape index (κ2) is 7.28. The average molecular weight is 333 g/mol. The molecule has 0 saturated carbocycles. The van der Waals surface area contributed by atoms with Crippen molar-refractivity contribution >= 4 is 22.1 Å². The molecular formula is C17H19NO4S. The van der Waals surface area contributed by atoms with Crippen molar-refractivity contribution < 1.29 is 17.4 Å². The van der Waals surface area contributed by atoms with Crippen LogP contribution >= 0.6 is 0 Å². The van der Waals surface area contributed by atoms with Gasteiger partial charge in [-0.15, -0.1) is 0 Å². The van der Waals surface area contributed by atoms with Gasteiger partial charge in [0.25, 0.3) is 0 Å². The summed E-state index contributed by atoms with van der Waals surface area (Å²) in [6, 6.07) is 12.8. The number of hydrogen-bond acceptors (Lipinski definition) is 5. The maximum atomic E-state index is 12.3. The summed E-state index contributed by atoms with van der Waals surface area (Å²) in [6.07, 6.45) is 0.585. The van der Waals surface area contributed by atoms with Crippen molar-refractivity contribution in [2.45, 2.75) is 18.7 Å². The number of aldehydes is 1. The van der Waals surface area contributed by atoms with Crippen LogP contribution in [0.2, 0.25) is 0 Å². The maximum Gasteiger partial charge on any atom is 0.339 e. The maximum absolute atomic E-state index is 12.3. The zero-order valence-corrected chi connectivity index (χ0v) is 13.9. The smallest absolute Gasteiger partial charge is 0.339 e. The summed E-state index contributed by atoms with van der Waals surface area (Å²) in [6.45, 7) is 5.53. The molecule has 2 rings (SSSR count). The van der Waals surface area contributed by atoms with Crippen LogP contribution in [0.3, 0.4) is 0 Å². The largest absolute Gasteiger partial charge is 0.378 e. The molecule has 0 unspecified atom stereocenters. The van der Waals surface area contributed by atoms with E-state index in [0.717, 1.165) is 18.8 Å². The van der Waals surface area contributed by atoms with Gasteiger partial charge in [-0.25, -0.2) is 0 Å². The molecule has 2 aromatic carbocycles. The first-order valence-electron chi connectivity index (χ1n) is 7.35. The van der Waals surface area contributed by atoms with E-state index in [0.29, 0.717) is 6.29 Å². The molecule has 0 radical (unpaired) electrons. The van der Waals surface area contributed by atoms with Crippen LogP contribution in [0, 0.1) is 0 Å². The van der Waals surface area contributed by atoms with Crippen LogP contribution in [0.25, 0.3) is 0 Å². The molecular weight excluding hydrogens is 314 g/mol. The van der Waals surface area contributed by atoms with E-state index in [9.17, 15) is 13.2 Å². The van der Waals surface area contributed by atoms with E-state index < -0.39 is 10.1 Å². The third kappa shape index (κ3) is 3.90. The van der Waals surface area contributed by atoms with Gasteiger partial charge in [0, 0.05) is 24.8 Å². The molecule has 0 fully saturated rings. The van der Waals surface area contributed by atoms with E-state index in [2.05, 4.69) is 0 Å². The number of hydrogen-bond donors (Lipinski definition) is 0. The molecule has 2 aromatic rings. The lowest BCUT2D eigenvalue weighted by Crippen LogP contribution is -2.22. The quantitative estimate of drug-likeness (QED) is 0.575. The van der Waals surface area contributed by atoms with E-state index in [1.807, 2.05) is 18.7 Å². The van der Waals surface area contributed by atoms with Crippen molar-refractivity contribution in [2.24, 2.45) is 0 Å². The molecule has 0 aromatic heterocycles. The molecule has 0 aliphatic heterocycles. The topological polar surface area (TPSA) is 63.7 Å². The van der Waals surface area contributed by atoms with Gasteiger partial charge in [0.05, 0.1) is 5.56 Å². The normalized spacial score (nSPS) is 11.0. The van der Waals surface area contributed by atoms with Gasteiger partial charge in [-0.05, 0) is 38.1 Å². The van der Waals surface area contributed by atoms with Crippen molar-refractivity contribution in [1.29, 1.82) is 0 Å². The van der Waals surface area contributed by atoms with E-state index in [-0.39, 0.29) is 16.2 Å². The highest BCUT2D eigenvalue weighted by molar-refractivity contribution is 7.87. The van der Waals surface area contributed by atoms with Crippen molar-refractivity contribution in [3.8, 4) is 5.75 Å². The lowest BCUT2D eigenvalue weighted by molar-refractivity contribution is 0.112. The van der Waals surface area contributed by atoms with Crippen molar-refractivity contribution in [2.75, 3.05) is 18.0 Å². The molecule has 0 N–H and O–H groups in total. The first-order chi connectivity index (χ1) is 11.0. The molecule has 0 spiro atoms. The zero-order valence-electron chi connectivity index (χ0n) is 13.1. The highest BCUT2D eigenvalue weighted by atomic mass is 32.2. The van der Waals surface area contributed by atoms with Crippen LogP contribution in [0.4, 0.5) is 5.69 Å². The van der Waals surface area contributed by atoms with E-state index in [1.165, 1.54) is 12.1 Å². The molecule has 5 nitrogen and oxygen atoms in total. The molecule has 0 amide bonds. The van der Waals surface area contributed by atoms with Gasteiger partial charge in [0.1, 0.15) is 4.90 Å². The summed E-state index contributed by atoms with van der Waals surface area (Å²) >= 11 is 0. The Bertz CT molecular complexity index is 768. The second-order valence-corrected chi connectivity index (χ2v) is 6.41. The number of nitrogens with zero attached hydrogens (tertiary/aromatic N) is 1. The minimum Gasteiger partial charge on any atom is -0.378 e. The van der Waals surface area contributed by atoms with Gasteiger partial charge in [-0.3, -0.25) is 4.79 Å². The lowest BCUT2D eigenvalue weighted by atomic mass is 10.2. The van der Waals surface area contributed by atoms with Crippen LogP contribution in [0.1, 0.15) is 24.2 Å². The zero-order chi connectivity index (χ0) is 16.9. The highest BCUT2D eigenvalue weighted by Gasteiger charge is 2.19. The fraction of sp³-hybridized carbons (Fsp3) is 0.235. The number of carbonyl (C=O) groups is 1. The predicted molar refractivity (Wildman–Crippen MR) is 89.6 cm³/mol. The fourth-order valence-corrected chi connectivity index (χ4v) is 3.20. The van der Waals surface area contributed by atoms with Crippen molar-refractivity contribution in [3.05, 3.63) is 54.1 Å². The van der Waals surface area contributed by atoms with Gasteiger partial charge in [-0.1, -0.05) is 18.2 Å². The Kier molecular flexibility index (Phi) is 5.39. The van der Waals surface area contributed by atoms with Gasteiger partial charge in [0.2, 0.25) is 0 Å². The highest BCUT2D eigenvalue weighted by Crippen LogP contribution is 2.27. The van der Waals surface area contributed by atoms with E-state index in [1.54, 1.807) is 36.4 Å². The molecule has 0 saturated heterocycles. The number of anilines is 1. The van der Waals surface area contributed by atoms with Crippen LogP contribution in [0.15, 0.2) is 53.4 Å². The van der Waals surface area contributed by atoms with Crippen LogP contribution in [-0.4, -0.2) is 27.8 Å². The van der Waals surface area contributed by atoms with E-state index >= 15 is 0 Å². The Morgan fingerprint density at radius 2 is 1.70 bits per heavy atom. The van der Waals surface area contributed by atoms with Gasteiger partial charge in [-0.2, -0.15) is 8.42 Å². The Morgan fingerprint density at radius 1 is 1.04 bits per heavy atom. The minimum atomic E-state index is -3.98. The van der Waals surface area contributed by atoms with E-state index in [4.69, 9.17) is 4.18 Å². The summed E-state index contributed by atoms with van der Waals surface area (Å²) < 4.78 is 29.9. The Hall–Kier alpha value is -2.34. The van der Waals surface area contributed by atoms with Gasteiger partial charge < -0.3 is 9.08 Å². The number of benzene rings is 2. The number of rotatable bonds is 7. The SMILES string of the molecule is CCN(CC)c1ccc(C=O)c(OS(=O)(=O)c2ccccc2)c1. The third-order valence-corrected chi connectivity index (χ3v) is 4.73. The predicted octanol–water partition coefficient (Wildman–Crippen LogP) is 3.11. The summed E-state index contributed by atoms with van der Waals surface area (Å²) in [4.78, 5) is 13.3. The summed E-state index contributed by atoms with van der Waals surface area (Å²) in [5, 5.41) is 0. The average Bonchev–Trinajstić information content (AvgIpc) is 2.57. The first-order valence-corrected chi connectivity index (χ1v) is 8.76. The second-order valence-electron chi connectivity index (χ2n) is 4.86. The molecule has 6 heteroatoms. The summed E-state index contributed by atoms with van der Waals surface area (Å²) in [5.74, 6) is 0.0354. The molecule has 0 bridgehead atoms. The fourth-order valence-electron chi connectivity index (χ4n) is 2.23. The van der Waals surface area contributed by atoms with Crippen molar-refractivity contribution in [1.82, 2.24) is 0 Å². The molecule has 0 aliphatic carbocycles. The van der Waals surface area contributed by atoms with Crippen molar-refractivity contribution in [3.63, 3.8) is 0 Å². The van der Waals surface area contributed by atoms with Crippen LogP contribution < -0.4 is 9.08 Å². The molecule has 122 valence electrons. The lowest BCUT2D eigenvalue weighted by Gasteiger charge is -2.22. The Morgan fingerprint density at radius 3 is 2.26 bits per heavy atom. The monoisotopic (exact) mass is 333 g/mol. The Labute approximate surface area is 136 Å². The first kappa shape index (κ1) is 17.0. The van der Waals surface area contributed by atoms with Gasteiger partial charge >= 0.3 is 10.1 Å². The third-order valence-electron chi connectivity index (χ3n) is 3.48. The molecule has 0 atom stereocenters. The Balaban J connectivity index is 2.42. The minimum absolute atomic E-state index is 0.0354. The van der Waals surface area contributed by atoms with Crippen LogP contribution in [-0.2, 0) is 10.1 Å². The molecule has 0 aliphatic rings. The molecule has 0 heterocycles. The van der Waals surface area contributed by atoms with Crippen LogP contribution in [0.5, 0.6) is 5.75 Å². The number of carbonyl (C=O) groups excluding carboxylic acids is 1. The summed E-state index contributed by atoms with van der Waals surface area (Å²) in [7, 11) is -3.98. The summed E-state index contributed by atoms with van der Waals surface area (Å²) in [5.41, 5.74) is 0.999. The van der Waals surface area contributed by atoms with Gasteiger partial charge in [0.15, 0.2) is 12.0 Å².